The van der Waals surface area contributed by atoms with Crippen molar-refractivity contribution in [3.05, 3.63) is 95.1 Å². The third-order valence-corrected chi connectivity index (χ3v) is 5.16. The largest absolute Gasteiger partial charge is 1.00 e. The normalized spacial score (nSPS) is 21.0. The molecule has 2 aromatic carbocycles. The standard InChI is InChI=1S/C24H30N.BrH/c1-21-10-9-11-22(2)18-25(17-16-21,19-23-12-5-3-6-13-23)20-24-14-7-4-8-15-24;/h3-8,11-16H,9-10,17-20H2,1-2H3;1H/q+1;/p-1/b21-16+,22-11+;. The summed E-state index contributed by atoms with van der Waals surface area (Å²) in [5.74, 6) is 0. The predicted octanol–water partition coefficient (Wildman–Crippen LogP) is 2.89. The lowest BCUT2D eigenvalue weighted by Gasteiger charge is -2.39. The van der Waals surface area contributed by atoms with Crippen LogP contribution in [-0.2, 0) is 13.1 Å². The first kappa shape index (κ1) is 20.7. The summed E-state index contributed by atoms with van der Waals surface area (Å²) >= 11 is 0. The summed E-state index contributed by atoms with van der Waals surface area (Å²) in [6.07, 6.45) is 7.29. The first-order valence-electron chi connectivity index (χ1n) is 9.39. The van der Waals surface area contributed by atoms with E-state index in [9.17, 15) is 0 Å². The Kier molecular flexibility index (Phi) is 7.86. The summed E-state index contributed by atoms with van der Waals surface area (Å²) in [6.45, 7) is 8.96. The Bertz CT molecular complexity index is 690. The SMILES string of the molecule is C/C1=C\C[N+](Cc2ccccc2)(Cc2ccccc2)C/C(C)=C/CC1.[Br-]. The van der Waals surface area contributed by atoms with Crippen LogP contribution < -0.4 is 17.0 Å². The maximum absolute atomic E-state index is 2.48. The van der Waals surface area contributed by atoms with Crippen LogP contribution >= 0.6 is 0 Å². The molecule has 3 rings (SSSR count). The zero-order chi connectivity index (χ0) is 17.5. The van der Waals surface area contributed by atoms with Gasteiger partial charge in [0, 0.05) is 11.1 Å². The van der Waals surface area contributed by atoms with E-state index in [1.807, 2.05) is 0 Å². The van der Waals surface area contributed by atoms with Gasteiger partial charge in [0.2, 0.25) is 0 Å². The third kappa shape index (κ3) is 5.96. The van der Waals surface area contributed by atoms with Gasteiger partial charge >= 0.3 is 0 Å². The Balaban J connectivity index is 0.00000243. The van der Waals surface area contributed by atoms with Gasteiger partial charge in [-0.3, -0.25) is 0 Å². The summed E-state index contributed by atoms with van der Waals surface area (Å²) in [5.41, 5.74) is 5.90. The first-order chi connectivity index (χ1) is 12.2. The van der Waals surface area contributed by atoms with Crippen molar-refractivity contribution in [3.8, 4) is 0 Å². The zero-order valence-corrected chi connectivity index (χ0v) is 17.6. The lowest BCUT2D eigenvalue weighted by atomic mass is 10.1. The number of hydrogen-bond donors (Lipinski definition) is 0. The Morgan fingerprint density at radius 1 is 0.731 bits per heavy atom. The molecule has 0 fully saturated rings. The molecule has 1 heterocycles. The highest BCUT2D eigenvalue weighted by atomic mass is 79.9. The predicted molar refractivity (Wildman–Crippen MR) is 107 cm³/mol. The van der Waals surface area contributed by atoms with Crippen molar-refractivity contribution in [1.82, 2.24) is 0 Å². The Morgan fingerprint density at radius 3 is 1.81 bits per heavy atom. The number of benzene rings is 2. The first-order valence-corrected chi connectivity index (χ1v) is 9.39. The molecule has 2 heteroatoms. The molecule has 0 N–H and O–H groups in total. The van der Waals surface area contributed by atoms with Crippen molar-refractivity contribution < 1.29 is 21.5 Å². The lowest BCUT2D eigenvalue weighted by Crippen LogP contribution is -3.00. The van der Waals surface area contributed by atoms with Gasteiger partial charge in [0.1, 0.15) is 19.6 Å². The van der Waals surface area contributed by atoms with Gasteiger partial charge in [-0.25, -0.2) is 0 Å². The fraction of sp³-hybridized carbons (Fsp3) is 0.333. The quantitative estimate of drug-likeness (QED) is 0.535. The summed E-state index contributed by atoms with van der Waals surface area (Å²) in [5, 5.41) is 0. The molecule has 0 spiro atoms. The van der Waals surface area contributed by atoms with Crippen LogP contribution in [-0.4, -0.2) is 17.6 Å². The van der Waals surface area contributed by atoms with Gasteiger partial charge < -0.3 is 21.5 Å². The van der Waals surface area contributed by atoms with E-state index in [0.29, 0.717) is 0 Å². The van der Waals surface area contributed by atoms with Crippen molar-refractivity contribution in [1.29, 1.82) is 0 Å². The molecule has 1 aliphatic rings. The topological polar surface area (TPSA) is 0 Å². The number of halogens is 1. The molecule has 138 valence electrons. The van der Waals surface area contributed by atoms with Crippen molar-refractivity contribution in [3.63, 3.8) is 0 Å². The number of rotatable bonds is 4. The van der Waals surface area contributed by atoms with E-state index in [-0.39, 0.29) is 17.0 Å². The van der Waals surface area contributed by atoms with E-state index in [0.717, 1.165) is 30.7 Å². The van der Waals surface area contributed by atoms with Crippen LogP contribution in [0.2, 0.25) is 0 Å². The third-order valence-electron chi connectivity index (χ3n) is 5.16. The molecule has 0 radical (unpaired) electrons. The summed E-state index contributed by atoms with van der Waals surface area (Å²) < 4.78 is 1.06. The summed E-state index contributed by atoms with van der Waals surface area (Å²) in [6, 6.07) is 21.9. The lowest BCUT2D eigenvalue weighted by molar-refractivity contribution is -0.944. The van der Waals surface area contributed by atoms with Gasteiger partial charge in [0.25, 0.3) is 0 Å². The Hall–Kier alpha value is -1.64. The fourth-order valence-corrected chi connectivity index (χ4v) is 3.89. The van der Waals surface area contributed by atoms with Crippen molar-refractivity contribution >= 4 is 0 Å². The Labute approximate surface area is 169 Å². The van der Waals surface area contributed by atoms with Gasteiger partial charge in [-0.05, 0) is 38.3 Å². The summed E-state index contributed by atoms with van der Waals surface area (Å²) in [7, 11) is 0. The second-order valence-corrected chi connectivity index (χ2v) is 7.61. The number of quaternary nitrogens is 1. The van der Waals surface area contributed by atoms with Crippen LogP contribution in [0.25, 0.3) is 0 Å². The molecule has 0 saturated heterocycles. The Morgan fingerprint density at radius 2 is 1.27 bits per heavy atom. The van der Waals surface area contributed by atoms with Crippen LogP contribution in [0.15, 0.2) is 84.0 Å². The van der Waals surface area contributed by atoms with Gasteiger partial charge in [0.05, 0.1) is 6.54 Å². The van der Waals surface area contributed by atoms with Crippen LogP contribution in [0.5, 0.6) is 0 Å². The maximum Gasteiger partial charge on any atom is 0.105 e. The second-order valence-electron chi connectivity index (χ2n) is 7.61. The molecular formula is C24H30BrN. The van der Waals surface area contributed by atoms with E-state index >= 15 is 0 Å². The number of hydrogen-bond acceptors (Lipinski definition) is 0. The molecule has 0 atom stereocenters. The van der Waals surface area contributed by atoms with E-state index in [4.69, 9.17) is 0 Å². The van der Waals surface area contributed by atoms with Crippen LogP contribution in [0.1, 0.15) is 37.8 Å². The minimum atomic E-state index is 0. The van der Waals surface area contributed by atoms with Gasteiger partial charge in [-0.15, -0.1) is 0 Å². The molecule has 0 bridgehead atoms. The monoisotopic (exact) mass is 411 g/mol. The highest BCUT2D eigenvalue weighted by molar-refractivity contribution is 5.16. The van der Waals surface area contributed by atoms with E-state index < -0.39 is 0 Å². The average Bonchev–Trinajstić information content (AvgIpc) is 2.67. The van der Waals surface area contributed by atoms with E-state index in [1.165, 1.54) is 35.1 Å². The molecule has 0 aromatic heterocycles. The van der Waals surface area contributed by atoms with E-state index in [2.05, 4.69) is 86.7 Å². The number of allylic oxidation sites excluding steroid dienone is 2. The van der Waals surface area contributed by atoms with Crippen molar-refractivity contribution in [2.45, 2.75) is 39.8 Å². The van der Waals surface area contributed by atoms with Gasteiger partial charge in [0.15, 0.2) is 0 Å². The van der Waals surface area contributed by atoms with Gasteiger partial charge in [-0.2, -0.15) is 0 Å². The maximum atomic E-state index is 2.48. The molecule has 0 saturated carbocycles. The van der Waals surface area contributed by atoms with Crippen molar-refractivity contribution in [2.75, 3.05) is 13.1 Å². The highest BCUT2D eigenvalue weighted by Gasteiger charge is 2.28. The van der Waals surface area contributed by atoms with Crippen LogP contribution in [0.3, 0.4) is 0 Å². The molecule has 0 unspecified atom stereocenters. The molecule has 0 aliphatic carbocycles. The minimum Gasteiger partial charge on any atom is -1.00 e. The zero-order valence-electron chi connectivity index (χ0n) is 16.0. The second kappa shape index (κ2) is 9.89. The smallest absolute Gasteiger partial charge is 0.105 e. The molecule has 2 aromatic rings. The molecular weight excluding hydrogens is 382 g/mol. The molecule has 0 amide bonds. The van der Waals surface area contributed by atoms with Crippen molar-refractivity contribution in [2.24, 2.45) is 0 Å². The average molecular weight is 412 g/mol. The highest BCUT2D eigenvalue weighted by Crippen LogP contribution is 2.25. The fourth-order valence-electron chi connectivity index (χ4n) is 3.89. The molecule has 1 aliphatic heterocycles. The number of nitrogens with zero attached hydrogens (tertiary/aromatic N) is 1. The van der Waals surface area contributed by atoms with Crippen LogP contribution in [0, 0.1) is 0 Å². The minimum absolute atomic E-state index is 0. The van der Waals surface area contributed by atoms with Gasteiger partial charge in [-0.1, -0.05) is 72.3 Å². The van der Waals surface area contributed by atoms with Crippen LogP contribution in [0.4, 0.5) is 0 Å². The molecule has 1 nitrogen and oxygen atoms in total. The molecule has 26 heavy (non-hydrogen) atoms. The van der Waals surface area contributed by atoms with E-state index in [1.54, 1.807) is 0 Å². The summed E-state index contributed by atoms with van der Waals surface area (Å²) in [4.78, 5) is 0.